The van der Waals surface area contributed by atoms with E-state index in [4.69, 9.17) is 4.74 Å². The fourth-order valence-electron chi connectivity index (χ4n) is 1.51. The van der Waals surface area contributed by atoms with E-state index in [0.717, 1.165) is 0 Å². The molecular weight excluding hydrogens is 222 g/mol. The molecule has 1 aromatic carbocycles. The van der Waals surface area contributed by atoms with Crippen LogP contribution >= 0.6 is 0 Å². The zero-order valence-corrected chi connectivity index (χ0v) is 10.3. The van der Waals surface area contributed by atoms with Crippen molar-refractivity contribution in [1.29, 1.82) is 0 Å². The molecule has 0 aromatic heterocycles. The monoisotopic (exact) mass is 241 g/mol. The lowest BCUT2D eigenvalue weighted by Crippen LogP contribution is -2.28. The summed E-state index contributed by atoms with van der Waals surface area (Å²) in [7, 11) is 1.38. The largest absolute Gasteiger partial charge is 0.504 e. The molecule has 0 spiro atoms. The molecule has 0 saturated carbocycles. The summed E-state index contributed by atoms with van der Waals surface area (Å²) in [6.07, 6.45) is -0.807. The number of benzene rings is 1. The molecule has 0 saturated heterocycles. The maximum atomic E-state index is 9.96. The fraction of sp³-hybridized carbons (Fsp3) is 0.500. The molecule has 17 heavy (non-hydrogen) atoms. The summed E-state index contributed by atoms with van der Waals surface area (Å²) in [5.74, 6) is -0.522. The molecule has 5 heteroatoms. The first-order chi connectivity index (χ1) is 7.97. The van der Waals surface area contributed by atoms with E-state index in [1.54, 1.807) is 0 Å². The Balaban J connectivity index is 2.93. The van der Waals surface area contributed by atoms with E-state index in [-0.39, 0.29) is 23.3 Å². The molecule has 96 valence electrons. The number of phenols is 2. The Bertz CT molecular complexity index is 379. The number of rotatable bonds is 5. The van der Waals surface area contributed by atoms with Crippen molar-refractivity contribution in [2.24, 2.45) is 0 Å². The van der Waals surface area contributed by atoms with E-state index < -0.39 is 6.10 Å². The highest BCUT2D eigenvalue weighted by Gasteiger charge is 2.18. The molecule has 1 unspecified atom stereocenters. The number of hydrogen-bond donors (Lipinski definition) is 4. The molecule has 1 atom stereocenters. The summed E-state index contributed by atoms with van der Waals surface area (Å²) in [5.41, 5.74) is 0.441. The van der Waals surface area contributed by atoms with Gasteiger partial charge in [-0.25, -0.2) is 0 Å². The number of aliphatic hydroxyl groups is 1. The fourth-order valence-corrected chi connectivity index (χ4v) is 1.51. The van der Waals surface area contributed by atoms with Crippen molar-refractivity contribution < 1.29 is 20.1 Å². The Morgan fingerprint density at radius 3 is 2.47 bits per heavy atom. The minimum absolute atomic E-state index is 0.100. The van der Waals surface area contributed by atoms with Gasteiger partial charge in [-0.3, -0.25) is 0 Å². The number of aliphatic hydroxyl groups excluding tert-OH is 1. The molecule has 0 bridgehead atoms. The minimum atomic E-state index is -0.807. The highest BCUT2D eigenvalue weighted by atomic mass is 16.5. The third-order valence-electron chi connectivity index (χ3n) is 2.42. The Hall–Kier alpha value is -1.46. The second-order valence-corrected chi connectivity index (χ2v) is 4.13. The van der Waals surface area contributed by atoms with Gasteiger partial charge in [-0.1, -0.05) is 13.8 Å². The van der Waals surface area contributed by atoms with E-state index in [0.29, 0.717) is 12.1 Å². The van der Waals surface area contributed by atoms with Crippen molar-refractivity contribution in [3.8, 4) is 17.2 Å². The Morgan fingerprint density at radius 1 is 1.29 bits per heavy atom. The third kappa shape index (κ3) is 3.25. The average Bonchev–Trinajstić information content (AvgIpc) is 2.29. The van der Waals surface area contributed by atoms with Crippen LogP contribution in [-0.2, 0) is 0 Å². The zero-order valence-electron chi connectivity index (χ0n) is 10.3. The van der Waals surface area contributed by atoms with E-state index in [1.165, 1.54) is 19.2 Å². The van der Waals surface area contributed by atoms with Crippen molar-refractivity contribution in [2.45, 2.75) is 26.0 Å². The van der Waals surface area contributed by atoms with E-state index >= 15 is 0 Å². The molecule has 0 aliphatic rings. The van der Waals surface area contributed by atoms with Crippen LogP contribution in [-0.4, -0.2) is 35.0 Å². The van der Waals surface area contributed by atoms with Gasteiger partial charge in [-0.05, 0) is 12.1 Å². The standard InChI is InChI=1S/C12H19NO4/c1-7(2)13-6-10(15)8-4-5-9(14)11(16)12(8)17-3/h4-5,7,10,13-16H,6H2,1-3H3. The third-order valence-corrected chi connectivity index (χ3v) is 2.42. The first-order valence-electron chi connectivity index (χ1n) is 5.47. The van der Waals surface area contributed by atoms with Crippen molar-refractivity contribution in [1.82, 2.24) is 5.32 Å². The van der Waals surface area contributed by atoms with Crippen LogP contribution in [0.25, 0.3) is 0 Å². The first kappa shape index (κ1) is 13.6. The van der Waals surface area contributed by atoms with Crippen LogP contribution in [0.4, 0.5) is 0 Å². The first-order valence-corrected chi connectivity index (χ1v) is 5.47. The van der Waals surface area contributed by atoms with Gasteiger partial charge < -0.3 is 25.4 Å². The summed E-state index contributed by atoms with van der Waals surface area (Å²) in [5, 5.41) is 32.0. The molecule has 0 fully saturated rings. The molecule has 0 aliphatic heterocycles. The molecule has 4 N–H and O–H groups in total. The Kier molecular flexibility index (Phi) is 4.60. The summed E-state index contributed by atoms with van der Waals surface area (Å²) >= 11 is 0. The highest BCUT2D eigenvalue weighted by Crippen LogP contribution is 2.40. The number of aromatic hydroxyl groups is 2. The predicted molar refractivity (Wildman–Crippen MR) is 64.4 cm³/mol. The van der Waals surface area contributed by atoms with Gasteiger partial charge in [0.2, 0.25) is 5.75 Å². The van der Waals surface area contributed by atoms with Crippen molar-refractivity contribution in [2.75, 3.05) is 13.7 Å². The molecule has 0 amide bonds. The van der Waals surface area contributed by atoms with E-state index in [1.807, 2.05) is 13.8 Å². The van der Waals surface area contributed by atoms with Crippen molar-refractivity contribution in [3.63, 3.8) is 0 Å². The molecule has 5 nitrogen and oxygen atoms in total. The number of phenolic OH excluding ortho intramolecular Hbond substituents is 2. The van der Waals surface area contributed by atoms with Gasteiger partial charge in [0.25, 0.3) is 0 Å². The molecule has 0 aliphatic carbocycles. The van der Waals surface area contributed by atoms with Crippen LogP contribution in [0, 0.1) is 0 Å². The maximum absolute atomic E-state index is 9.96. The summed E-state index contributed by atoms with van der Waals surface area (Å²) in [4.78, 5) is 0. The number of ether oxygens (including phenoxy) is 1. The van der Waals surface area contributed by atoms with Gasteiger partial charge in [-0.2, -0.15) is 0 Å². The van der Waals surface area contributed by atoms with Crippen molar-refractivity contribution in [3.05, 3.63) is 17.7 Å². The second kappa shape index (κ2) is 5.75. The predicted octanol–water partition coefficient (Wildman–Crippen LogP) is 1.14. The summed E-state index contributed by atoms with van der Waals surface area (Å²) < 4.78 is 4.99. The zero-order chi connectivity index (χ0) is 13.0. The molecule has 0 heterocycles. The minimum Gasteiger partial charge on any atom is -0.504 e. The molecule has 0 radical (unpaired) electrons. The van der Waals surface area contributed by atoms with Crippen LogP contribution in [0.3, 0.4) is 0 Å². The van der Waals surface area contributed by atoms with E-state index in [2.05, 4.69) is 5.32 Å². The molecule has 1 rings (SSSR count). The van der Waals surface area contributed by atoms with Gasteiger partial charge in [-0.15, -0.1) is 0 Å². The number of nitrogens with one attached hydrogen (secondary N) is 1. The highest BCUT2D eigenvalue weighted by molar-refractivity contribution is 5.54. The van der Waals surface area contributed by atoms with Crippen LogP contribution in [0.5, 0.6) is 17.2 Å². The number of methoxy groups -OCH3 is 1. The lowest BCUT2D eigenvalue weighted by atomic mass is 10.1. The quantitative estimate of drug-likeness (QED) is 0.581. The summed E-state index contributed by atoms with van der Waals surface area (Å²) in [6.45, 7) is 4.29. The molecular formula is C12H19NO4. The van der Waals surface area contributed by atoms with Gasteiger partial charge in [0.05, 0.1) is 13.2 Å². The van der Waals surface area contributed by atoms with Gasteiger partial charge >= 0.3 is 0 Å². The molecule has 1 aromatic rings. The van der Waals surface area contributed by atoms with Gasteiger partial charge in [0.15, 0.2) is 11.5 Å². The van der Waals surface area contributed by atoms with Crippen LogP contribution < -0.4 is 10.1 Å². The van der Waals surface area contributed by atoms with E-state index in [9.17, 15) is 15.3 Å². The second-order valence-electron chi connectivity index (χ2n) is 4.13. The van der Waals surface area contributed by atoms with Gasteiger partial charge in [0.1, 0.15) is 0 Å². The van der Waals surface area contributed by atoms with Crippen molar-refractivity contribution >= 4 is 0 Å². The maximum Gasteiger partial charge on any atom is 0.200 e. The Morgan fingerprint density at radius 2 is 1.94 bits per heavy atom. The topological polar surface area (TPSA) is 82.0 Å². The lowest BCUT2D eigenvalue weighted by molar-refractivity contribution is 0.166. The Labute approximate surface area is 101 Å². The summed E-state index contributed by atoms with van der Waals surface area (Å²) in [6, 6.07) is 3.10. The smallest absolute Gasteiger partial charge is 0.200 e. The average molecular weight is 241 g/mol. The van der Waals surface area contributed by atoms with Crippen LogP contribution in [0.2, 0.25) is 0 Å². The van der Waals surface area contributed by atoms with Crippen LogP contribution in [0.15, 0.2) is 12.1 Å². The van der Waals surface area contributed by atoms with Crippen LogP contribution in [0.1, 0.15) is 25.5 Å². The number of hydrogen-bond acceptors (Lipinski definition) is 5. The van der Waals surface area contributed by atoms with Gasteiger partial charge in [0, 0.05) is 18.2 Å². The SMILES string of the molecule is COc1c(C(O)CNC(C)C)ccc(O)c1O. The lowest BCUT2D eigenvalue weighted by Gasteiger charge is -2.18. The normalized spacial score (nSPS) is 12.8.